The molecule has 0 rings (SSSR count). The van der Waals surface area contributed by atoms with Crippen LogP contribution in [0, 0.1) is 0 Å². The van der Waals surface area contributed by atoms with Crippen LogP contribution in [0.5, 0.6) is 0 Å². The van der Waals surface area contributed by atoms with E-state index in [0.717, 1.165) is 0 Å². The molecule has 0 spiro atoms. The van der Waals surface area contributed by atoms with Crippen molar-refractivity contribution < 1.29 is 9.53 Å². The molecule has 0 aromatic rings. The average Bonchev–Trinajstić information content (AvgIpc) is 1.83. The van der Waals surface area contributed by atoms with Crippen molar-refractivity contribution in [2.45, 2.75) is 12.2 Å². The quantitative estimate of drug-likeness (QED) is 0.583. The van der Waals surface area contributed by atoms with Gasteiger partial charge < -0.3 is 0 Å². The summed E-state index contributed by atoms with van der Waals surface area (Å²) in [5, 5.41) is 0. The first-order valence-corrected chi connectivity index (χ1v) is 4.94. The Hall–Kier alpha value is 0.149. The Morgan fingerprint density at radius 1 is 1.75 bits per heavy atom. The van der Waals surface area contributed by atoms with E-state index < -0.39 is 0 Å². The number of ether oxygens (including phenoxy) is 1. The van der Waals surface area contributed by atoms with Gasteiger partial charge in [0.1, 0.15) is 0 Å². The van der Waals surface area contributed by atoms with Crippen LogP contribution >= 0.6 is 0 Å². The monoisotopic (exact) mass is 182 g/mol. The van der Waals surface area contributed by atoms with Gasteiger partial charge in [-0.15, -0.1) is 0 Å². The van der Waals surface area contributed by atoms with E-state index >= 15 is 0 Å². The molecule has 0 amide bonds. The van der Waals surface area contributed by atoms with Crippen molar-refractivity contribution in [3.05, 3.63) is 0 Å². The van der Waals surface area contributed by atoms with Crippen molar-refractivity contribution in [2.75, 3.05) is 13.7 Å². The molecule has 0 bridgehead atoms. The predicted molar refractivity (Wildman–Crippen MR) is 33.1 cm³/mol. The molecule has 0 saturated carbocycles. The van der Waals surface area contributed by atoms with Gasteiger partial charge in [0.05, 0.1) is 0 Å². The number of carbonyl (C=O) groups excluding carboxylic acids is 1. The molecule has 0 atom stereocenters. The van der Waals surface area contributed by atoms with Crippen molar-refractivity contribution in [3.8, 4) is 0 Å². The van der Waals surface area contributed by atoms with E-state index in [1.54, 1.807) is 7.11 Å². The van der Waals surface area contributed by atoms with Crippen LogP contribution in [0.3, 0.4) is 0 Å². The van der Waals surface area contributed by atoms with Gasteiger partial charge in [0.25, 0.3) is 0 Å². The average molecular weight is 181 g/mol. The third-order valence-corrected chi connectivity index (χ3v) is 2.12. The second-order valence-electron chi connectivity index (χ2n) is 1.32. The third-order valence-electron chi connectivity index (χ3n) is 0.738. The van der Waals surface area contributed by atoms with Crippen LogP contribution in [-0.4, -0.2) is 33.4 Å². The van der Waals surface area contributed by atoms with Gasteiger partial charge in [-0.05, 0) is 0 Å². The molecule has 0 aliphatic rings. The zero-order valence-electron chi connectivity index (χ0n) is 5.14. The second-order valence-corrected chi connectivity index (χ2v) is 3.13. The first kappa shape index (κ1) is 8.15. The van der Waals surface area contributed by atoms with Gasteiger partial charge in [-0.3, -0.25) is 0 Å². The van der Waals surface area contributed by atoms with E-state index in [2.05, 4.69) is 0 Å². The van der Waals surface area contributed by atoms with Crippen LogP contribution in [0.1, 0.15) is 6.42 Å². The molecule has 2 nitrogen and oxygen atoms in total. The van der Waals surface area contributed by atoms with Crippen molar-refractivity contribution in [3.63, 3.8) is 0 Å². The van der Waals surface area contributed by atoms with Gasteiger partial charge in [-0.25, -0.2) is 0 Å². The van der Waals surface area contributed by atoms with Gasteiger partial charge in [0.15, 0.2) is 0 Å². The van der Waals surface area contributed by atoms with Crippen molar-refractivity contribution in [2.24, 2.45) is 0 Å². The Labute approximate surface area is 55.8 Å². The molecule has 48 valence electrons. The Morgan fingerprint density at radius 3 is 2.75 bits per heavy atom. The predicted octanol–water partition coefficient (Wildman–Crippen LogP) is 0.302. The van der Waals surface area contributed by atoms with Crippen LogP contribution in [0.2, 0.25) is 5.82 Å². The zero-order chi connectivity index (χ0) is 6.41. The summed E-state index contributed by atoms with van der Waals surface area (Å²) in [5.41, 5.74) is 0. The fourth-order valence-corrected chi connectivity index (χ4v) is 0.891. The molecule has 8 heavy (non-hydrogen) atoms. The van der Waals surface area contributed by atoms with E-state index in [1.807, 2.05) is 5.82 Å². The van der Waals surface area contributed by atoms with Gasteiger partial charge >= 0.3 is 55.1 Å². The maximum absolute atomic E-state index is 10.5. The summed E-state index contributed by atoms with van der Waals surface area (Å²) in [6.45, 7) is 0.578. The summed E-state index contributed by atoms with van der Waals surface area (Å²) in [5.74, 6) is 1.92. The molecule has 0 fully saturated rings. The topological polar surface area (TPSA) is 26.3 Å². The summed E-state index contributed by atoms with van der Waals surface area (Å²) in [4.78, 5) is 10.5. The molecular weight excluding hydrogens is 171 g/mol. The molecule has 0 heterocycles. The number of hydrogen-bond acceptors (Lipinski definition) is 2. The fourth-order valence-electron chi connectivity index (χ4n) is 0.287. The van der Waals surface area contributed by atoms with Crippen molar-refractivity contribution >= 4 is 19.6 Å². The van der Waals surface area contributed by atoms with Crippen LogP contribution in [-0.2, 0) is 9.53 Å². The minimum atomic E-state index is 0.165. The van der Waals surface area contributed by atoms with Gasteiger partial charge in [-0.2, -0.15) is 0 Å². The van der Waals surface area contributed by atoms with Gasteiger partial charge in [-0.1, -0.05) is 0 Å². The molecule has 0 N–H and O–H groups in total. The molecule has 0 saturated heterocycles. The molecule has 0 aliphatic heterocycles. The first-order valence-electron chi connectivity index (χ1n) is 2.37. The van der Waals surface area contributed by atoms with Crippen LogP contribution < -0.4 is 0 Å². The SMILES string of the molecule is COCCC(=O)[Se]C. The number of rotatable bonds is 4. The summed E-state index contributed by atoms with van der Waals surface area (Å²) < 4.78 is 5.04. The molecule has 0 radical (unpaired) electrons. The van der Waals surface area contributed by atoms with Crippen LogP contribution in [0.4, 0.5) is 0 Å². The fraction of sp³-hybridized carbons (Fsp3) is 0.800. The Balaban J connectivity index is 2.99. The Morgan fingerprint density at radius 2 is 2.38 bits per heavy atom. The normalized spacial score (nSPS) is 9.25. The van der Waals surface area contributed by atoms with Crippen molar-refractivity contribution in [1.82, 2.24) is 0 Å². The molecule has 0 unspecified atom stereocenters. The Kier molecular flexibility index (Phi) is 5.39. The minimum absolute atomic E-state index is 0.165. The first-order chi connectivity index (χ1) is 3.81. The van der Waals surface area contributed by atoms with Crippen molar-refractivity contribution in [1.29, 1.82) is 0 Å². The summed E-state index contributed by atoms with van der Waals surface area (Å²) in [6, 6.07) is 0. The Bertz CT molecular complexity index is 72.8. The molecule has 3 heteroatoms. The van der Waals surface area contributed by atoms with Gasteiger partial charge in [0.2, 0.25) is 0 Å². The van der Waals surface area contributed by atoms with E-state index in [-0.39, 0.29) is 15.0 Å². The van der Waals surface area contributed by atoms with E-state index in [4.69, 9.17) is 4.74 Å². The molecule has 0 aromatic carbocycles. The third kappa shape index (κ3) is 4.31. The summed E-state index contributed by atoms with van der Waals surface area (Å²) in [7, 11) is 1.61. The molecule has 0 aromatic heterocycles. The number of carbonyl (C=O) groups is 1. The van der Waals surface area contributed by atoms with E-state index in [1.165, 1.54) is 0 Å². The second kappa shape index (κ2) is 5.29. The summed E-state index contributed by atoms with van der Waals surface area (Å²) in [6.07, 6.45) is 0.590. The standard InChI is InChI=1S/C5H10O2Se/c1-7-4-3-5(6)8-2/h3-4H2,1-2H3. The van der Waals surface area contributed by atoms with Crippen LogP contribution in [0.15, 0.2) is 0 Å². The van der Waals surface area contributed by atoms with Gasteiger partial charge in [0, 0.05) is 0 Å². The number of hydrogen-bond donors (Lipinski definition) is 0. The maximum atomic E-state index is 10.5. The van der Waals surface area contributed by atoms with E-state index in [0.29, 0.717) is 17.7 Å². The molecular formula is C5H10O2Se. The summed E-state index contributed by atoms with van der Waals surface area (Å²) >= 11 is 0.165. The molecule has 0 aliphatic carbocycles. The zero-order valence-corrected chi connectivity index (χ0v) is 6.85. The van der Waals surface area contributed by atoms with Crippen LogP contribution in [0.25, 0.3) is 0 Å². The number of methoxy groups -OCH3 is 1. The van der Waals surface area contributed by atoms with E-state index in [9.17, 15) is 4.79 Å².